The maximum atomic E-state index is 13.3. The number of hydrogen-bond donors (Lipinski definition) is 1. The lowest BCUT2D eigenvalue weighted by atomic mass is 9.73. The van der Waals surface area contributed by atoms with Gasteiger partial charge in [-0.25, -0.2) is 4.68 Å². The zero-order valence-corrected chi connectivity index (χ0v) is 20.1. The molecule has 0 bridgehead atoms. The zero-order chi connectivity index (χ0) is 24.0. The highest BCUT2D eigenvalue weighted by atomic mass is 32.2. The number of nitro benzene ring substituents is 1. The number of thioether (sulfide) groups is 1. The van der Waals surface area contributed by atoms with Crippen molar-refractivity contribution in [3.8, 4) is 0 Å². The summed E-state index contributed by atoms with van der Waals surface area (Å²) in [4.78, 5) is 28.5. The van der Waals surface area contributed by atoms with Crippen LogP contribution in [0.5, 0.6) is 0 Å². The second kappa shape index (κ2) is 8.39. The molecule has 0 fully saturated rings. The Balaban J connectivity index is 1.49. The number of hydrogen-bond acceptors (Lipinski definition) is 7. The molecule has 3 aromatic rings. The van der Waals surface area contributed by atoms with Crippen LogP contribution >= 0.6 is 11.8 Å². The number of rotatable bonds is 5. The molecule has 0 radical (unpaired) electrons. The first-order chi connectivity index (χ1) is 16.2. The SMILES string of the molecule is Cc1ccccc1C1C2=C(CC(C)(C)CC2=O)Nc2nc(SCc3ccc([N+](=O)[O-])cc3)nn21. The molecule has 0 spiro atoms. The van der Waals surface area contributed by atoms with Crippen LogP contribution in [-0.2, 0) is 10.5 Å². The molecule has 0 saturated carbocycles. The number of nitro groups is 1. The molecule has 174 valence electrons. The Morgan fingerprint density at radius 1 is 1.18 bits per heavy atom. The lowest BCUT2D eigenvalue weighted by Gasteiger charge is -2.38. The van der Waals surface area contributed by atoms with Gasteiger partial charge in [0.1, 0.15) is 6.04 Å². The molecule has 8 nitrogen and oxygen atoms in total. The molecule has 9 heteroatoms. The van der Waals surface area contributed by atoms with E-state index in [2.05, 4.69) is 38.2 Å². The topological polar surface area (TPSA) is 103 Å². The van der Waals surface area contributed by atoms with Gasteiger partial charge in [-0.1, -0.05) is 62.0 Å². The number of allylic oxidation sites excluding steroid dienone is 2. The molecule has 0 amide bonds. The molecule has 1 aromatic heterocycles. The molecular weight excluding hydrogens is 450 g/mol. The zero-order valence-electron chi connectivity index (χ0n) is 19.2. The highest BCUT2D eigenvalue weighted by molar-refractivity contribution is 7.98. The van der Waals surface area contributed by atoms with Gasteiger partial charge < -0.3 is 5.32 Å². The van der Waals surface area contributed by atoms with Gasteiger partial charge in [-0.15, -0.1) is 5.10 Å². The quantitative estimate of drug-likeness (QED) is 0.297. The van der Waals surface area contributed by atoms with E-state index in [-0.39, 0.29) is 22.9 Å². The molecule has 2 aromatic carbocycles. The van der Waals surface area contributed by atoms with Crippen LogP contribution in [0.3, 0.4) is 0 Å². The molecule has 0 saturated heterocycles. The number of anilines is 1. The lowest BCUT2D eigenvalue weighted by molar-refractivity contribution is -0.384. The number of non-ortho nitro benzene ring substituents is 1. The van der Waals surface area contributed by atoms with E-state index >= 15 is 0 Å². The normalized spacial score (nSPS) is 18.8. The van der Waals surface area contributed by atoms with E-state index in [4.69, 9.17) is 10.1 Å². The van der Waals surface area contributed by atoms with Gasteiger partial charge in [0.25, 0.3) is 5.69 Å². The third-order valence-electron chi connectivity index (χ3n) is 6.31. The van der Waals surface area contributed by atoms with Crippen LogP contribution in [-0.4, -0.2) is 25.5 Å². The number of fused-ring (bicyclic) bond motifs is 1. The van der Waals surface area contributed by atoms with Crippen LogP contribution < -0.4 is 5.32 Å². The standard InChI is InChI=1S/C25H25N5O3S/c1-15-6-4-5-7-18(15)22-21-19(12-25(2,3)13-20(21)31)26-23-27-24(28-29(22)23)34-14-16-8-10-17(11-9-16)30(32)33/h4-11,22H,12-14H2,1-3H3,(H,26,27,28). The van der Waals surface area contributed by atoms with Crippen molar-refractivity contribution in [3.05, 3.63) is 86.6 Å². The van der Waals surface area contributed by atoms with E-state index in [0.717, 1.165) is 34.4 Å². The van der Waals surface area contributed by atoms with Crippen molar-refractivity contribution in [2.24, 2.45) is 5.41 Å². The van der Waals surface area contributed by atoms with Gasteiger partial charge in [0.15, 0.2) is 5.78 Å². The summed E-state index contributed by atoms with van der Waals surface area (Å²) in [5.41, 5.74) is 4.75. The minimum absolute atomic E-state index is 0.0684. The summed E-state index contributed by atoms with van der Waals surface area (Å²) in [7, 11) is 0. The summed E-state index contributed by atoms with van der Waals surface area (Å²) in [5, 5.41) is 19.7. The van der Waals surface area contributed by atoms with Crippen LogP contribution in [0.15, 0.2) is 65.0 Å². The second-order valence-corrected chi connectivity index (χ2v) is 10.5. The van der Waals surface area contributed by atoms with Gasteiger partial charge in [0.05, 0.1) is 4.92 Å². The first-order valence-corrected chi connectivity index (χ1v) is 12.1. The van der Waals surface area contributed by atoms with Gasteiger partial charge >= 0.3 is 0 Å². The second-order valence-electron chi connectivity index (χ2n) is 9.59. The van der Waals surface area contributed by atoms with Crippen molar-refractivity contribution in [1.29, 1.82) is 0 Å². The molecule has 1 aliphatic heterocycles. The Labute approximate surface area is 201 Å². The van der Waals surface area contributed by atoms with Crippen LogP contribution in [0.4, 0.5) is 11.6 Å². The Hall–Kier alpha value is -3.46. The van der Waals surface area contributed by atoms with Crippen molar-refractivity contribution in [2.45, 2.75) is 50.6 Å². The van der Waals surface area contributed by atoms with E-state index in [1.54, 1.807) is 12.1 Å². The Morgan fingerprint density at radius 2 is 1.91 bits per heavy atom. The van der Waals surface area contributed by atoms with Crippen molar-refractivity contribution < 1.29 is 9.72 Å². The monoisotopic (exact) mass is 475 g/mol. The maximum absolute atomic E-state index is 13.3. The summed E-state index contributed by atoms with van der Waals surface area (Å²) in [6.45, 7) is 6.28. The maximum Gasteiger partial charge on any atom is 0.269 e. The van der Waals surface area contributed by atoms with Crippen LogP contribution in [0.25, 0.3) is 0 Å². The van der Waals surface area contributed by atoms with E-state index in [1.165, 1.54) is 23.9 Å². The summed E-state index contributed by atoms with van der Waals surface area (Å²) in [5.74, 6) is 1.35. The van der Waals surface area contributed by atoms with E-state index in [9.17, 15) is 14.9 Å². The third kappa shape index (κ3) is 4.11. The largest absolute Gasteiger partial charge is 0.328 e. The fraction of sp³-hybridized carbons (Fsp3) is 0.320. The van der Waals surface area contributed by atoms with E-state index < -0.39 is 4.92 Å². The third-order valence-corrected chi connectivity index (χ3v) is 7.22. The Bertz CT molecular complexity index is 1330. The molecule has 34 heavy (non-hydrogen) atoms. The van der Waals surface area contributed by atoms with E-state index in [0.29, 0.717) is 23.3 Å². The van der Waals surface area contributed by atoms with Crippen molar-refractivity contribution in [3.63, 3.8) is 0 Å². The smallest absolute Gasteiger partial charge is 0.269 e. The number of nitrogens with zero attached hydrogens (tertiary/aromatic N) is 4. The summed E-state index contributed by atoms with van der Waals surface area (Å²) >= 11 is 1.46. The molecule has 1 aliphatic carbocycles. The van der Waals surface area contributed by atoms with Gasteiger partial charge in [0, 0.05) is 35.6 Å². The molecule has 5 rings (SSSR count). The van der Waals surface area contributed by atoms with Gasteiger partial charge in [0.2, 0.25) is 11.1 Å². The fourth-order valence-electron chi connectivity index (χ4n) is 4.69. The summed E-state index contributed by atoms with van der Waals surface area (Å²) in [6, 6.07) is 14.3. The summed E-state index contributed by atoms with van der Waals surface area (Å²) < 4.78 is 1.83. The number of ketones is 1. The Kier molecular flexibility index (Phi) is 5.51. The molecule has 2 aliphatic rings. The minimum Gasteiger partial charge on any atom is -0.328 e. The fourth-order valence-corrected chi connectivity index (χ4v) is 5.48. The number of carbonyl (C=O) groups is 1. The average Bonchev–Trinajstić information content (AvgIpc) is 3.19. The molecular formula is C25H25N5O3S. The average molecular weight is 476 g/mol. The molecule has 1 atom stereocenters. The van der Waals surface area contributed by atoms with Crippen molar-refractivity contribution in [1.82, 2.24) is 14.8 Å². The lowest BCUT2D eigenvalue weighted by Crippen LogP contribution is -2.36. The highest BCUT2D eigenvalue weighted by Gasteiger charge is 2.42. The number of carbonyl (C=O) groups excluding carboxylic acids is 1. The summed E-state index contributed by atoms with van der Waals surface area (Å²) in [6.07, 6.45) is 1.27. The van der Waals surface area contributed by atoms with Crippen LogP contribution in [0.1, 0.15) is 49.4 Å². The molecule has 1 N–H and O–H groups in total. The van der Waals surface area contributed by atoms with Crippen molar-refractivity contribution in [2.75, 3.05) is 5.32 Å². The van der Waals surface area contributed by atoms with Gasteiger partial charge in [-0.2, -0.15) is 4.98 Å². The Morgan fingerprint density at radius 3 is 2.62 bits per heavy atom. The van der Waals surface area contributed by atoms with Gasteiger partial charge in [-0.05, 0) is 35.4 Å². The number of aromatic nitrogens is 3. The van der Waals surface area contributed by atoms with E-state index in [1.807, 2.05) is 16.8 Å². The molecule has 1 unspecified atom stereocenters. The number of Topliss-reactive ketones (excluding diaryl/α,β-unsaturated/α-hetero) is 1. The molecule has 2 heterocycles. The number of nitrogens with one attached hydrogen (secondary N) is 1. The predicted octanol–water partition coefficient (Wildman–Crippen LogP) is 5.45. The first kappa shape index (κ1) is 22.3. The first-order valence-electron chi connectivity index (χ1n) is 11.1. The number of aryl methyl sites for hydroxylation is 1. The van der Waals surface area contributed by atoms with Crippen LogP contribution in [0.2, 0.25) is 0 Å². The minimum atomic E-state index is -0.406. The van der Waals surface area contributed by atoms with Crippen LogP contribution in [0, 0.1) is 22.5 Å². The predicted molar refractivity (Wildman–Crippen MR) is 131 cm³/mol. The number of benzene rings is 2. The highest BCUT2D eigenvalue weighted by Crippen LogP contribution is 2.46. The van der Waals surface area contributed by atoms with Crippen molar-refractivity contribution >= 4 is 29.2 Å². The van der Waals surface area contributed by atoms with Gasteiger partial charge in [-0.3, -0.25) is 14.9 Å².